The highest BCUT2D eigenvalue weighted by atomic mass is 16.5. The van der Waals surface area contributed by atoms with Crippen LogP contribution in [-0.4, -0.2) is 45.7 Å². The Labute approximate surface area is 204 Å². The number of benzene rings is 1. The molecule has 0 spiro atoms. The molecule has 1 saturated heterocycles. The molecule has 5 heterocycles. The number of aryl methyl sites for hydroxylation is 2. The fourth-order valence-corrected chi connectivity index (χ4v) is 4.68. The minimum absolute atomic E-state index is 0.780. The third-order valence-electron chi connectivity index (χ3n) is 6.49. The molecule has 1 aliphatic rings. The van der Waals surface area contributed by atoms with E-state index < -0.39 is 0 Å². The van der Waals surface area contributed by atoms with Crippen LogP contribution in [0.4, 0.5) is 5.69 Å². The number of morpholine rings is 1. The van der Waals surface area contributed by atoms with Gasteiger partial charge in [-0.15, -0.1) is 0 Å². The van der Waals surface area contributed by atoms with Crippen LogP contribution in [0, 0.1) is 13.8 Å². The van der Waals surface area contributed by atoms with E-state index >= 15 is 0 Å². The van der Waals surface area contributed by atoms with Gasteiger partial charge in [0.1, 0.15) is 11.3 Å². The molecule has 0 saturated carbocycles. The lowest BCUT2D eigenvalue weighted by Crippen LogP contribution is -2.36. The number of rotatable bonds is 4. The molecular formula is C29H27N5O. The fraction of sp³-hybridized carbons (Fsp3) is 0.207. The smallest absolute Gasteiger partial charge is 0.138 e. The number of hydrogen-bond donors (Lipinski definition) is 0. The molecule has 0 N–H and O–H groups in total. The largest absolute Gasteiger partial charge is 0.378 e. The van der Waals surface area contributed by atoms with Gasteiger partial charge < -0.3 is 9.64 Å². The first-order chi connectivity index (χ1) is 17.2. The van der Waals surface area contributed by atoms with Crippen LogP contribution in [0.15, 0.2) is 79.1 Å². The second-order valence-corrected chi connectivity index (χ2v) is 8.98. The summed E-state index contributed by atoms with van der Waals surface area (Å²) in [6, 6.07) is 23.1. The average Bonchev–Trinajstić information content (AvgIpc) is 3.28. The maximum absolute atomic E-state index is 5.48. The third-order valence-corrected chi connectivity index (χ3v) is 6.49. The fourth-order valence-electron chi connectivity index (χ4n) is 4.68. The lowest BCUT2D eigenvalue weighted by molar-refractivity contribution is 0.122. The second kappa shape index (κ2) is 8.96. The van der Waals surface area contributed by atoms with Crippen molar-refractivity contribution in [1.82, 2.24) is 19.4 Å². The number of anilines is 1. The summed E-state index contributed by atoms with van der Waals surface area (Å²) in [5.41, 5.74) is 10.1. The molecule has 6 rings (SSSR count). The van der Waals surface area contributed by atoms with E-state index in [0.29, 0.717) is 0 Å². The van der Waals surface area contributed by atoms with Crippen LogP contribution in [0.1, 0.15) is 11.3 Å². The molecule has 1 fully saturated rings. The Morgan fingerprint density at radius 1 is 0.800 bits per heavy atom. The quantitative estimate of drug-likeness (QED) is 0.350. The van der Waals surface area contributed by atoms with Crippen LogP contribution < -0.4 is 4.90 Å². The highest BCUT2D eigenvalue weighted by Gasteiger charge is 2.18. The van der Waals surface area contributed by atoms with Gasteiger partial charge in [0.05, 0.1) is 30.3 Å². The van der Waals surface area contributed by atoms with Crippen LogP contribution in [0.25, 0.3) is 39.5 Å². The summed E-state index contributed by atoms with van der Waals surface area (Å²) in [4.78, 5) is 16.8. The summed E-state index contributed by atoms with van der Waals surface area (Å²) in [6.45, 7) is 7.51. The van der Waals surface area contributed by atoms with Crippen molar-refractivity contribution in [1.29, 1.82) is 0 Å². The van der Waals surface area contributed by atoms with Gasteiger partial charge in [-0.3, -0.25) is 14.4 Å². The standard InChI is InChI=1S/C29H27N5O/c1-20-11-13-34-27(18-20)32-28(25-5-3-4-21(2)31-25)29(34)23-10-12-30-26(19-23)22-6-8-24(9-7-22)33-14-16-35-17-15-33/h3-13,18-19H,14-17H2,1-2H3. The molecule has 1 aromatic carbocycles. The zero-order valence-corrected chi connectivity index (χ0v) is 20.0. The van der Waals surface area contributed by atoms with Gasteiger partial charge in [0.2, 0.25) is 0 Å². The van der Waals surface area contributed by atoms with Crippen molar-refractivity contribution in [3.63, 3.8) is 0 Å². The van der Waals surface area contributed by atoms with E-state index in [4.69, 9.17) is 19.7 Å². The summed E-state index contributed by atoms with van der Waals surface area (Å²) in [7, 11) is 0. The molecule has 0 aliphatic carbocycles. The van der Waals surface area contributed by atoms with Crippen molar-refractivity contribution >= 4 is 11.3 Å². The molecule has 5 aromatic rings. The number of pyridine rings is 3. The Kier molecular flexibility index (Phi) is 5.51. The predicted molar refractivity (Wildman–Crippen MR) is 140 cm³/mol. The summed E-state index contributed by atoms with van der Waals surface area (Å²) in [5, 5.41) is 0. The SMILES string of the molecule is Cc1ccn2c(-c3ccnc(-c4ccc(N5CCOCC5)cc4)c3)c(-c3cccc(C)n3)nc2c1. The van der Waals surface area contributed by atoms with Crippen molar-refractivity contribution in [2.45, 2.75) is 13.8 Å². The van der Waals surface area contributed by atoms with E-state index in [1.165, 1.54) is 11.3 Å². The monoisotopic (exact) mass is 461 g/mol. The predicted octanol–water partition coefficient (Wildman–Crippen LogP) is 5.58. The highest BCUT2D eigenvalue weighted by Crippen LogP contribution is 2.34. The zero-order valence-electron chi connectivity index (χ0n) is 20.0. The Morgan fingerprint density at radius 3 is 2.43 bits per heavy atom. The number of nitrogens with zero attached hydrogens (tertiary/aromatic N) is 5. The molecule has 4 aromatic heterocycles. The lowest BCUT2D eigenvalue weighted by atomic mass is 10.0. The van der Waals surface area contributed by atoms with Gasteiger partial charge in [-0.2, -0.15) is 0 Å². The van der Waals surface area contributed by atoms with E-state index in [-0.39, 0.29) is 0 Å². The second-order valence-electron chi connectivity index (χ2n) is 8.98. The minimum atomic E-state index is 0.780. The van der Waals surface area contributed by atoms with Gasteiger partial charge in [-0.25, -0.2) is 4.98 Å². The molecule has 0 bridgehead atoms. The van der Waals surface area contributed by atoms with E-state index in [0.717, 1.165) is 71.5 Å². The molecule has 6 heteroatoms. The van der Waals surface area contributed by atoms with Gasteiger partial charge in [-0.1, -0.05) is 18.2 Å². The van der Waals surface area contributed by atoms with E-state index in [9.17, 15) is 0 Å². The summed E-state index contributed by atoms with van der Waals surface area (Å²) in [6.07, 6.45) is 3.96. The number of aromatic nitrogens is 4. The summed E-state index contributed by atoms with van der Waals surface area (Å²) >= 11 is 0. The maximum atomic E-state index is 5.48. The molecule has 0 radical (unpaired) electrons. The van der Waals surface area contributed by atoms with E-state index in [1.54, 1.807) is 0 Å². The number of fused-ring (bicyclic) bond motifs is 1. The Bertz CT molecular complexity index is 1500. The van der Waals surface area contributed by atoms with Crippen molar-refractivity contribution in [2.75, 3.05) is 31.2 Å². The maximum Gasteiger partial charge on any atom is 0.138 e. The lowest BCUT2D eigenvalue weighted by Gasteiger charge is -2.28. The van der Waals surface area contributed by atoms with Crippen molar-refractivity contribution in [3.05, 3.63) is 90.4 Å². The Morgan fingerprint density at radius 2 is 1.63 bits per heavy atom. The number of imidazole rings is 1. The van der Waals surface area contributed by atoms with Crippen molar-refractivity contribution in [2.24, 2.45) is 0 Å². The first kappa shape index (κ1) is 21.5. The first-order valence-electron chi connectivity index (χ1n) is 12.0. The topological polar surface area (TPSA) is 55.5 Å². The minimum Gasteiger partial charge on any atom is -0.378 e. The Balaban J connectivity index is 1.43. The van der Waals surface area contributed by atoms with Crippen LogP contribution in [-0.2, 0) is 4.74 Å². The molecular weight excluding hydrogens is 434 g/mol. The number of hydrogen-bond acceptors (Lipinski definition) is 5. The van der Waals surface area contributed by atoms with Crippen LogP contribution in [0.2, 0.25) is 0 Å². The van der Waals surface area contributed by atoms with Gasteiger partial charge in [0, 0.05) is 48.0 Å². The van der Waals surface area contributed by atoms with Crippen LogP contribution >= 0.6 is 0 Å². The van der Waals surface area contributed by atoms with Crippen molar-refractivity contribution < 1.29 is 4.74 Å². The van der Waals surface area contributed by atoms with Gasteiger partial charge in [0.15, 0.2) is 0 Å². The van der Waals surface area contributed by atoms with Gasteiger partial charge in [-0.05, 0) is 67.9 Å². The zero-order chi connectivity index (χ0) is 23.8. The van der Waals surface area contributed by atoms with E-state index in [1.807, 2.05) is 37.4 Å². The van der Waals surface area contributed by atoms with Crippen LogP contribution in [0.5, 0.6) is 0 Å². The van der Waals surface area contributed by atoms with Gasteiger partial charge in [0.25, 0.3) is 0 Å². The molecule has 0 atom stereocenters. The van der Waals surface area contributed by atoms with E-state index in [2.05, 4.69) is 64.9 Å². The van der Waals surface area contributed by atoms with Crippen LogP contribution in [0.3, 0.4) is 0 Å². The molecule has 6 nitrogen and oxygen atoms in total. The number of ether oxygens (including phenoxy) is 1. The van der Waals surface area contributed by atoms with Gasteiger partial charge >= 0.3 is 0 Å². The van der Waals surface area contributed by atoms with Crippen molar-refractivity contribution in [3.8, 4) is 33.9 Å². The summed E-state index contributed by atoms with van der Waals surface area (Å²) < 4.78 is 7.63. The molecule has 35 heavy (non-hydrogen) atoms. The normalized spacial score (nSPS) is 13.9. The molecule has 174 valence electrons. The average molecular weight is 462 g/mol. The molecule has 0 amide bonds. The highest BCUT2D eigenvalue weighted by molar-refractivity contribution is 5.82. The Hall–Kier alpha value is -4.03. The first-order valence-corrected chi connectivity index (χ1v) is 12.0. The summed E-state index contributed by atoms with van der Waals surface area (Å²) in [5.74, 6) is 0. The third kappa shape index (κ3) is 4.17. The molecule has 0 unspecified atom stereocenters. The molecule has 1 aliphatic heterocycles.